The summed E-state index contributed by atoms with van der Waals surface area (Å²) in [5, 5.41) is 3.84. The standard InChI is InChI=1S/C23H17Cl3F6N2O2/c1-3-19(35)33-11(2)34-21(36)14-6-4-12(8-16(14)23(30,31)32)5-7-15(22(27,28)29)13-9-17(24)20(26)18(25)10-13/h3-11,15H,1H2,2H3,(H,33,35)(H,34,36)/b7-5+/t11-,15?/m1/s1. The molecule has 2 amide bonds. The first-order chi connectivity index (χ1) is 16.5. The van der Waals surface area contributed by atoms with E-state index < -0.39 is 47.4 Å². The van der Waals surface area contributed by atoms with Gasteiger partial charge in [0.1, 0.15) is 0 Å². The highest BCUT2D eigenvalue weighted by molar-refractivity contribution is 6.48. The van der Waals surface area contributed by atoms with Crippen LogP contribution in [0.5, 0.6) is 0 Å². The lowest BCUT2D eigenvalue weighted by atomic mass is 9.96. The molecule has 194 valence electrons. The van der Waals surface area contributed by atoms with Gasteiger partial charge in [-0.05, 0) is 48.4 Å². The third-order valence-electron chi connectivity index (χ3n) is 4.68. The maximum Gasteiger partial charge on any atom is 0.417 e. The number of allylic oxidation sites excluding steroid dienone is 1. The van der Waals surface area contributed by atoms with Gasteiger partial charge in [0.05, 0.1) is 38.3 Å². The normalized spacial score (nSPS) is 13.8. The molecule has 2 rings (SSSR count). The van der Waals surface area contributed by atoms with Gasteiger partial charge in [0.15, 0.2) is 0 Å². The third-order valence-corrected chi connectivity index (χ3v) is 5.88. The molecule has 0 fully saturated rings. The van der Waals surface area contributed by atoms with Crippen molar-refractivity contribution in [3.05, 3.63) is 86.4 Å². The predicted molar refractivity (Wildman–Crippen MR) is 126 cm³/mol. The van der Waals surface area contributed by atoms with Crippen LogP contribution in [0.3, 0.4) is 0 Å². The first-order valence-electron chi connectivity index (χ1n) is 9.89. The highest BCUT2D eigenvalue weighted by atomic mass is 35.5. The Labute approximate surface area is 216 Å². The van der Waals surface area contributed by atoms with Crippen LogP contribution in [0.15, 0.2) is 49.1 Å². The average Bonchev–Trinajstić information content (AvgIpc) is 2.75. The summed E-state index contributed by atoms with van der Waals surface area (Å²) in [7, 11) is 0. The van der Waals surface area contributed by atoms with Gasteiger partial charge < -0.3 is 10.6 Å². The van der Waals surface area contributed by atoms with Gasteiger partial charge >= 0.3 is 12.4 Å². The van der Waals surface area contributed by atoms with E-state index in [1.165, 1.54) is 6.92 Å². The van der Waals surface area contributed by atoms with Gasteiger partial charge in [-0.25, -0.2) is 0 Å². The Morgan fingerprint density at radius 2 is 1.56 bits per heavy atom. The van der Waals surface area contributed by atoms with E-state index in [9.17, 15) is 35.9 Å². The van der Waals surface area contributed by atoms with Gasteiger partial charge in [-0.3, -0.25) is 9.59 Å². The van der Waals surface area contributed by atoms with Crippen LogP contribution in [0.2, 0.25) is 15.1 Å². The van der Waals surface area contributed by atoms with E-state index in [4.69, 9.17) is 34.8 Å². The van der Waals surface area contributed by atoms with Crippen molar-refractivity contribution in [3.8, 4) is 0 Å². The Bertz CT molecular complexity index is 1170. The molecular weight excluding hydrogens is 557 g/mol. The molecule has 0 heterocycles. The zero-order valence-corrected chi connectivity index (χ0v) is 20.5. The summed E-state index contributed by atoms with van der Waals surface area (Å²) in [5.74, 6) is -4.09. The summed E-state index contributed by atoms with van der Waals surface area (Å²) < 4.78 is 82.1. The van der Waals surface area contributed by atoms with Gasteiger partial charge in [0.25, 0.3) is 5.91 Å². The minimum atomic E-state index is -5.01. The topological polar surface area (TPSA) is 58.2 Å². The molecule has 0 aliphatic carbocycles. The van der Waals surface area contributed by atoms with E-state index >= 15 is 0 Å². The first kappa shape index (κ1) is 29.5. The molecular formula is C23H17Cl3F6N2O2. The van der Waals surface area contributed by atoms with Gasteiger partial charge in [0, 0.05) is 0 Å². The molecule has 0 radical (unpaired) electrons. The van der Waals surface area contributed by atoms with Crippen LogP contribution in [0.25, 0.3) is 6.08 Å². The molecule has 2 aromatic rings. The number of rotatable bonds is 7. The van der Waals surface area contributed by atoms with E-state index in [-0.39, 0.29) is 26.2 Å². The number of carbonyl (C=O) groups excluding carboxylic acids is 2. The molecule has 2 aromatic carbocycles. The van der Waals surface area contributed by atoms with Gasteiger partial charge in [-0.2, -0.15) is 26.3 Å². The van der Waals surface area contributed by atoms with Crippen molar-refractivity contribution < 1.29 is 35.9 Å². The number of nitrogens with one attached hydrogen (secondary N) is 2. The van der Waals surface area contributed by atoms with Gasteiger partial charge in [0.2, 0.25) is 5.91 Å². The molecule has 2 N–H and O–H groups in total. The molecule has 4 nitrogen and oxygen atoms in total. The van der Waals surface area contributed by atoms with E-state index in [0.717, 1.165) is 36.4 Å². The van der Waals surface area contributed by atoms with Crippen LogP contribution >= 0.6 is 34.8 Å². The quantitative estimate of drug-likeness (QED) is 0.157. The minimum absolute atomic E-state index is 0.144. The second-order valence-corrected chi connectivity index (χ2v) is 8.58. The Kier molecular flexibility index (Phi) is 9.50. The molecule has 13 heteroatoms. The highest BCUT2D eigenvalue weighted by Gasteiger charge is 2.40. The van der Waals surface area contributed by atoms with Crippen molar-refractivity contribution in [2.75, 3.05) is 0 Å². The molecule has 0 saturated carbocycles. The summed E-state index contributed by atoms with van der Waals surface area (Å²) in [4.78, 5) is 23.7. The summed E-state index contributed by atoms with van der Waals surface area (Å²) in [6.07, 6.45) is -8.50. The van der Waals surface area contributed by atoms with Crippen LogP contribution in [0, 0.1) is 0 Å². The fourth-order valence-corrected chi connectivity index (χ4v) is 3.67. The number of carbonyl (C=O) groups is 2. The van der Waals surface area contributed by atoms with Crippen LogP contribution in [-0.4, -0.2) is 24.2 Å². The van der Waals surface area contributed by atoms with Crippen LogP contribution < -0.4 is 10.6 Å². The molecule has 0 bridgehead atoms. The SMILES string of the molecule is C=CC(=O)N[C@@H](C)NC(=O)c1ccc(/C=C/C(c2cc(Cl)c(Cl)c(Cl)c2)C(F)(F)F)cc1C(F)(F)F. The number of amides is 2. The summed E-state index contributed by atoms with van der Waals surface area (Å²) in [5.41, 5.74) is -2.80. The largest absolute Gasteiger partial charge is 0.417 e. The average molecular weight is 574 g/mol. The fraction of sp³-hybridized carbons (Fsp3) is 0.217. The molecule has 0 saturated heterocycles. The Morgan fingerprint density at radius 3 is 2.06 bits per heavy atom. The summed E-state index contributed by atoms with van der Waals surface area (Å²) >= 11 is 17.4. The predicted octanol–water partition coefficient (Wildman–Crippen LogP) is 7.40. The van der Waals surface area contributed by atoms with E-state index in [1.54, 1.807) is 0 Å². The second-order valence-electron chi connectivity index (χ2n) is 7.39. The van der Waals surface area contributed by atoms with Crippen LogP contribution in [0.1, 0.15) is 39.9 Å². The summed E-state index contributed by atoms with van der Waals surface area (Å²) in [6, 6.07) is 4.31. The molecule has 0 aliphatic rings. The van der Waals surface area contributed by atoms with E-state index in [2.05, 4.69) is 17.2 Å². The molecule has 0 spiro atoms. The second kappa shape index (κ2) is 11.6. The number of benzene rings is 2. The minimum Gasteiger partial charge on any atom is -0.333 e. The van der Waals surface area contributed by atoms with Crippen molar-refractivity contribution in [2.24, 2.45) is 0 Å². The Hall–Kier alpha value is -2.69. The lowest BCUT2D eigenvalue weighted by molar-refractivity contribution is -0.139. The van der Waals surface area contributed by atoms with Gasteiger partial charge in [-0.15, -0.1) is 0 Å². The number of halogens is 9. The van der Waals surface area contributed by atoms with Crippen molar-refractivity contribution in [1.82, 2.24) is 10.6 Å². The number of hydrogen-bond donors (Lipinski definition) is 2. The van der Waals surface area contributed by atoms with Crippen molar-refractivity contribution in [1.29, 1.82) is 0 Å². The van der Waals surface area contributed by atoms with Crippen molar-refractivity contribution >= 4 is 52.7 Å². The molecule has 1 unspecified atom stereocenters. The smallest absolute Gasteiger partial charge is 0.333 e. The zero-order valence-electron chi connectivity index (χ0n) is 18.2. The molecule has 0 aromatic heterocycles. The maximum absolute atomic E-state index is 13.7. The fourth-order valence-electron chi connectivity index (χ4n) is 3.05. The molecule has 0 aliphatic heterocycles. The van der Waals surface area contributed by atoms with Crippen LogP contribution in [-0.2, 0) is 11.0 Å². The molecule has 36 heavy (non-hydrogen) atoms. The Balaban J connectivity index is 2.43. The number of hydrogen-bond acceptors (Lipinski definition) is 2. The highest BCUT2D eigenvalue weighted by Crippen LogP contribution is 2.41. The number of alkyl halides is 6. The third kappa shape index (κ3) is 7.65. The monoisotopic (exact) mass is 572 g/mol. The maximum atomic E-state index is 13.7. The van der Waals surface area contributed by atoms with E-state index in [0.29, 0.717) is 12.1 Å². The lowest BCUT2D eigenvalue weighted by Crippen LogP contribution is -2.45. The first-order valence-corrected chi connectivity index (χ1v) is 11.0. The van der Waals surface area contributed by atoms with E-state index in [1.807, 2.05) is 0 Å². The van der Waals surface area contributed by atoms with Crippen molar-refractivity contribution in [3.63, 3.8) is 0 Å². The lowest BCUT2D eigenvalue weighted by Gasteiger charge is -2.19. The summed E-state index contributed by atoms with van der Waals surface area (Å²) in [6.45, 7) is 4.53. The molecule has 2 atom stereocenters. The van der Waals surface area contributed by atoms with Crippen molar-refractivity contribution in [2.45, 2.75) is 31.4 Å². The van der Waals surface area contributed by atoms with Gasteiger partial charge in [-0.1, -0.05) is 59.6 Å². The Morgan fingerprint density at radius 1 is 0.972 bits per heavy atom. The zero-order chi connectivity index (χ0) is 27.4. The van der Waals surface area contributed by atoms with Crippen LogP contribution in [0.4, 0.5) is 26.3 Å².